The van der Waals surface area contributed by atoms with E-state index in [9.17, 15) is 4.79 Å². The lowest BCUT2D eigenvalue weighted by molar-refractivity contribution is 0.108. The van der Waals surface area contributed by atoms with Gasteiger partial charge in [-0.25, -0.2) is 0 Å². The Kier molecular flexibility index (Phi) is 3.92. The molecule has 0 heterocycles. The Labute approximate surface area is 85.1 Å². The van der Waals surface area contributed by atoms with Gasteiger partial charge in [-0.2, -0.15) is 0 Å². The van der Waals surface area contributed by atoms with Gasteiger partial charge in [0.1, 0.15) is 0 Å². The minimum Gasteiger partial charge on any atom is -0.281 e. The highest BCUT2D eigenvalue weighted by molar-refractivity contribution is 8.16. The molecule has 0 aromatic heterocycles. The van der Waals surface area contributed by atoms with Gasteiger partial charge in [0, 0.05) is 5.56 Å². The van der Waals surface area contributed by atoms with Gasteiger partial charge in [0.05, 0.1) is 0 Å². The van der Waals surface area contributed by atoms with Crippen molar-refractivity contribution < 1.29 is 4.79 Å². The van der Waals surface area contributed by atoms with Gasteiger partial charge in [-0.15, -0.1) is 0 Å². The fourth-order valence-electron chi connectivity index (χ4n) is 0.723. The van der Waals surface area contributed by atoms with E-state index in [1.54, 1.807) is 24.3 Å². The number of thioether (sulfide) groups is 1. The Morgan fingerprint density at radius 2 is 1.83 bits per heavy atom. The van der Waals surface area contributed by atoms with Crippen LogP contribution in [-0.4, -0.2) is 9.28 Å². The van der Waals surface area contributed by atoms with Crippen LogP contribution < -0.4 is 0 Å². The maximum atomic E-state index is 11.2. The van der Waals surface area contributed by atoms with Gasteiger partial charge in [-0.3, -0.25) is 4.79 Å². The minimum absolute atomic E-state index is 0.106. The van der Waals surface area contributed by atoms with E-state index in [1.165, 1.54) is 0 Å². The minimum atomic E-state index is -0.697. The first-order valence-electron chi connectivity index (χ1n) is 3.24. The van der Waals surface area contributed by atoms with Crippen molar-refractivity contribution in [1.29, 1.82) is 0 Å². The van der Waals surface area contributed by atoms with Gasteiger partial charge in [0.15, 0.2) is 4.17 Å². The molecule has 0 saturated heterocycles. The second-order valence-electron chi connectivity index (χ2n) is 2.03. The summed E-state index contributed by atoms with van der Waals surface area (Å²) >= 11 is 11.8. The van der Waals surface area contributed by atoms with Crippen molar-refractivity contribution in [1.82, 2.24) is 0 Å². The molecule has 0 spiro atoms. The van der Waals surface area contributed by atoms with Gasteiger partial charge >= 0.3 is 0 Å². The van der Waals surface area contributed by atoms with Crippen LogP contribution in [0.3, 0.4) is 0 Å². The van der Waals surface area contributed by atoms with Gasteiger partial charge in [0.2, 0.25) is 5.12 Å². The molecule has 1 rings (SSSR count). The quantitative estimate of drug-likeness (QED) is 0.712. The van der Waals surface area contributed by atoms with Crippen molar-refractivity contribution in [2.75, 3.05) is 0 Å². The third-order valence-corrected chi connectivity index (χ3v) is 2.37. The zero-order valence-corrected chi connectivity index (χ0v) is 8.36. The van der Waals surface area contributed by atoms with Gasteiger partial charge < -0.3 is 0 Å². The van der Waals surface area contributed by atoms with Crippen LogP contribution in [-0.2, 0) is 0 Å². The molecule has 64 valence electrons. The lowest BCUT2D eigenvalue weighted by Gasteiger charge is -1.99. The van der Waals surface area contributed by atoms with Gasteiger partial charge in [-0.1, -0.05) is 53.5 Å². The molecule has 0 aliphatic heterocycles. The van der Waals surface area contributed by atoms with E-state index in [4.69, 9.17) is 23.2 Å². The second kappa shape index (κ2) is 4.75. The molecule has 1 nitrogen and oxygen atoms in total. The first kappa shape index (κ1) is 9.90. The smallest absolute Gasteiger partial charge is 0.221 e. The summed E-state index contributed by atoms with van der Waals surface area (Å²) in [6.07, 6.45) is 0. The summed E-state index contributed by atoms with van der Waals surface area (Å²) in [5, 5.41) is -0.106. The molecule has 1 aromatic carbocycles. The van der Waals surface area contributed by atoms with Crippen LogP contribution in [0, 0.1) is 0 Å². The van der Waals surface area contributed by atoms with Crippen molar-refractivity contribution >= 4 is 40.1 Å². The summed E-state index contributed by atoms with van der Waals surface area (Å²) in [6, 6.07) is 8.90. The Bertz CT molecular complexity index is 261. The zero-order chi connectivity index (χ0) is 8.97. The lowest BCUT2D eigenvalue weighted by atomic mass is 10.2. The molecule has 1 aromatic rings. The third-order valence-electron chi connectivity index (χ3n) is 1.21. The zero-order valence-electron chi connectivity index (χ0n) is 6.04. The van der Waals surface area contributed by atoms with Gasteiger partial charge in [-0.05, 0) is 11.8 Å². The Morgan fingerprint density at radius 1 is 1.25 bits per heavy atom. The van der Waals surface area contributed by atoms with Crippen LogP contribution in [0.15, 0.2) is 30.3 Å². The van der Waals surface area contributed by atoms with Crippen LogP contribution in [0.25, 0.3) is 0 Å². The van der Waals surface area contributed by atoms with Crippen LogP contribution in [0.5, 0.6) is 0 Å². The summed E-state index contributed by atoms with van der Waals surface area (Å²) in [5.74, 6) is 0. The van der Waals surface area contributed by atoms with E-state index in [0.717, 1.165) is 11.8 Å². The molecule has 0 amide bonds. The van der Waals surface area contributed by atoms with E-state index in [1.807, 2.05) is 6.07 Å². The first-order valence-corrected chi connectivity index (χ1v) is 4.99. The van der Waals surface area contributed by atoms with Crippen molar-refractivity contribution in [2.24, 2.45) is 0 Å². The number of hydrogen-bond donors (Lipinski definition) is 0. The van der Waals surface area contributed by atoms with E-state index in [-0.39, 0.29) is 5.12 Å². The number of hydrogen-bond acceptors (Lipinski definition) is 2. The fourth-order valence-corrected chi connectivity index (χ4v) is 1.64. The number of alkyl halides is 2. The molecule has 0 aliphatic carbocycles. The highest BCUT2D eigenvalue weighted by Gasteiger charge is 2.09. The third kappa shape index (κ3) is 3.05. The van der Waals surface area contributed by atoms with Crippen LogP contribution in [0.4, 0.5) is 0 Å². The molecule has 0 unspecified atom stereocenters. The molecule has 0 atom stereocenters. The standard InChI is InChI=1S/C8H6Cl2OS/c9-8(10)12-7(11)6-4-2-1-3-5-6/h1-5,8H. The molecule has 0 fully saturated rings. The van der Waals surface area contributed by atoms with Crippen molar-refractivity contribution in [3.8, 4) is 0 Å². The number of halogens is 2. The van der Waals surface area contributed by atoms with Crippen molar-refractivity contribution in [3.63, 3.8) is 0 Å². The Balaban J connectivity index is 2.66. The Morgan fingerprint density at radius 3 is 2.33 bits per heavy atom. The number of rotatable bonds is 2. The predicted octanol–water partition coefficient (Wildman–Crippen LogP) is 3.32. The van der Waals surface area contributed by atoms with Crippen molar-refractivity contribution in [2.45, 2.75) is 4.17 Å². The van der Waals surface area contributed by atoms with E-state index in [2.05, 4.69) is 0 Å². The highest BCUT2D eigenvalue weighted by Crippen LogP contribution is 2.23. The van der Waals surface area contributed by atoms with Crippen LogP contribution >= 0.6 is 35.0 Å². The number of benzene rings is 1. The molecule has 0 radical (unpaired) electrons. The van der Waals surface area contributed by atoms with Crippen LogP contribution in [0.2, 0.25) is 0 Å². The summed E-state index contributed by atoms with van der Waals surface area (Å²) in [5.41, 5.74) is 0.619. The molecule has 0 aliphatic rings. The largest absolute Gasteiger partial charge is 0.281 e. The van der Waals surface area contributed by atoms with Gasteiger partial charge in [0.25, 0.3) is 0 Å². The summed E-state index contributed by atoms with van der Waals surface area (Å²) in [4.78, 5) is 11.2. The highest BCUT2D eigenvalue weighted by atomic mass is 35.5. The molecule has 0 N–H and O–H groups in total. The summed E-state index contributed by atoms with van der Waals surface area (Å²) in [6.45, 7) is 0. The molecule has 0 bridgehead atoms. The summed E-state index contributed by atoms with van der Waals surface area (Å²) < 4.78 is -0.697. The first-order chi connectivity index (χ1) is 5.70. The molecular formula is C8H6Cl2OS. The lowest BCUT2D eigenvalue weighted by Crippen LogP contribution is -1.94. The predicted molar refractivity (Wildman–Crippen MR) is 53.9 cm³/mol. The van der Waals surface area contributed by atoms with E-state index < -0.39 is 4.17 Å². The monoisotopic (exact) mass is 220 g/mol. The summed E-state index contributed by atoms with van der Waals surface area (Å²) in [7, 11) is 0. The van der Waals surface area contributed by atoms with Crippen LogP contribution in [0.1, 0.15) is 10.4 Å². The van der Waals surface area contributed by atoms with E-state index >= 15 is 0 Å². The Hall–Kier alpha value is -0.180. The maximum absolute atomic E-state index is 11.2. The topological polar surface area (TPSA) is 17.1 Å². The molecule has 12 heavy (non-hydrogen) atoms. The van der Waals surface area contributed by atoms with E-state index in [0.29, 0.717) is 5.56 Å². The second-order valence-corrected chi connectivity index (χ2v) is 4.72. The maximum Gasteiger partial charge on any atom is 0.221 e. The fraction of sp³-hybridized carbons (Fsp3) is 0.125. The average Bonchev–Trinajstić information content (AvgIpc) is 2.05. The van der Waals surface area contributed by atoms with Crippen molar-refractivity contribution in [3.05, 3.63) is 35.9 Å². The SMILES string of the molecule is O=C(SC(Cl)Cl)c1ccccc1. The normalized spacial score (nSPS) is 10.2. The molecular weight excluding hydrogens is 215 g/mol. The molecule has 4 heteroatoms. The average molecular weight is 221 g/mol. The molecule has 0 saturated carbocycles. The number of carbonyl (C=O) groups is 1. The number of carbonyl (C=O) groups excluding carboxylic acids is 1.